The molecule has 5 atom stereocenters. The largest absolute Gasteiger partial charge is 0.472 e. The van der Waals surface area contributed by atoms with Crippen LogP contribution in [0.15, 0.2) is 134 Å². The van der Waals surface area contributed by atoms with Crippen molar-refractivity contribution in [2.24, 2.45) is 0 Å². The minimum Gasteiger partial charge on any atom is -0.463 e. The van der Waals surface area contributed by atoms with Gasteiger partial charge in [-0.3, -0.25) is 32.5 Å². The molecule has 16 nitrogen and oxygen atoms in total. The first-order valence-corrected chi connectivity index (χ1v) is 42.5. The summed E-state index contributed by atoms with van der Waals surface area (Å²) in [5.41, 5.74) is 0. The number of unbranched alkanes of at least 4 members (excludes halogenated alkanes) is 29. The van der Waals surface area contributed by atoms with Crippen molar-refractivity contribution in [3.8, 4) is 0 Å². The maximum atomic E-state index is 12.9. The van der Waals surface area contributed by atoms with Crippen LogP contribution in [0.3, 0.4) is 0 Å². The van der Waals surface area contributed by atoms with Gasteiger partial charge in [0.15, 0.2) is 6.10 Å². The van der Waals surface area contributed by atoms with Gasteiger partial charge in [0.2, 0.25) is 0 Å². The molecule has 5 unspecified atom stereocenters. The maximum absolute atomic E-state index is 12.9. The van der Waals surface area contributed by atoms with E-state index in [-0.39, 0.29) is 19.3 Å². The lowest BCUT2D eigenvalue weighted by Crippen LogP contribution is -2.30. The average Bonchev–Trinajstić information content (AvgIpc) is 0.943. The van der Waals surface area contributed by atoms with Crippen molar-refractivity contribution in [1.29, 1.82) is 0 Å². The highest BCUT2D eigenvalue weighted by atomic mass is 31.2. The third-order valence-corrected chi connectivity index (χ3v) is 18.2. The van der Waals surface area contributed by atoms with Crippen molar-refractivity contribution in [2.45, 2.75) is 334 Å². The highest BCUT2D eigenvalue weighted by Crippen LogP contribution is 2.45. The average molecular weight is 1460 g/mol. The van der Waals surface area contributed by atoms with Crippen molar-refractivity contribution >= 4 is 33.6 Å². The summed E-state index contributed by atoms with van der Waals surface area (Å²) in [7, 11) is -9.80. The summed E-state index contributed by atoms with van der Waals surface area (Å²) >= 11 is 0. The van der Waals surface area contributed by atoms with Gasteiger partial charge >= 0.3 is 33.6 Å². The Balaban J connectivity index is 4.55. The van der Waals surface area contributed by atoms with Crippen molar-refractivity contribution < 1.29 is 75.8 Å². The van der Waals surface area contributed by atoms with Gasteiger partial charge in [0.05, 0.1) is 26.4 Å². The van der Waals surface area contributed by atoms with Crippen molar-refractivity contribution in [2.75, 3.05) is 39.6 Å². The summed E-state index contributed by atoms with van der Waals surface area (Å²) in [4.78, 5) is 58.6. The Bertz CT molecular complexity index is 2370. The van der Waals surface area contributed by atoms with Gasteiger partial charge in [0.1, 0.15) is 25.4 Å². The molecule has 0 saturated heterocycles. The second kappa shape index (κ2) is 75.4. The first kappa shape index (κ1) is 96.7. The Morgan fingerprint density at radius 2 is 0.525 bits per heavy atom. The van der Waals surface area contributed by atoms with Gasteiger partial charge in [0, 0.05) is 19.3 Å². The van der Waals surface area contributed by atoms with Crippen LogP contribution in [0.2, 0.25) is 0 Å². The van der Waals surface area contributed by atoms with Crippen molar-refractivity contribution in [3.05, 3.63) is 134 Å². The van der Waals surface area contributed by atoms with Gasteiger partial charge in [0.25, 0.3) is 0 Å². The lowest BCUT2D eigenvalue weighted by atomic mass is 10.0. The Morgan fingerprint density at radius 3 is 0.861 bits per heavy atom. The van der Waals surface area contributed by atoms with Crippen LogP contribution < -0.4 is 0 Å². The molecule has 0 amide bonds. The Labute approximate surface area is 614 Å². The van der Waals surface area contributed by atoms with Crippen LogP contribution in [0.25, 0.3) is 0 Å². The van der Waals surface area contributed by atoms with E-state index in [0.717, 1.165) is 161 Å². The molecule has 4 N–H and O–H groups in total. The van der Waals surface area contributed by atoms with E-state index in [1.165, 1.54) is 96.3 Å². The molecule has 580 valence electrons. The first-order valence-electron chi connectivity index (χ1n) is 39.5. The lowest BCUT2D eigenvalue weighted by molar-refractivity contribution is -0.161. The quantitative estimate of drug-likeness (QED) is 0.0146. The van der Waals surface area contributed by atoms with E-state index in [1.54, 1.807) is 0 Å². The fraction of sp³-hybridized carbons (Fsp3) is 0.699. The zero-order chi connectivity index (χ0) is 73.7. The monoisotopic (exact) mass is 1460 g/mol. The second-order valence-corrected chi connectivity index (χ2v) is 29.0. The molecule has 0 aliphatic rings. The van der Waals surface area contributed by atoms with Crippen LogP contribution in [0.5, 0.6) is 0 Å². The summed E-state index contributed by atoms with van der Waals surface area (Å²) in [5, 5.41) is 20.6. The fourth-order valence-corrected chi connectivity index (χ4v) is 11.9. The first-order chi connectivity index (χ1) is 49.2. The Morgan fingerprint density at radius 1 is 0.287 bits per heavy atom. The smallest absolute Gasteiger partial charge is 0.463 e. The second-order valence-electron chi connectivity index (χ2n) is 26.1. The summed E-state index contributed by atoms with van der Waals surface area (Å²) < 4.78 is 61.1. The summed E-state index contributed by atoms with van der Waals surface area (Å²) in [6, 6.07) is 0. The topological polar surface area (TPSA) is 231 Å². The van der Waals surface area contributed by atoms with Crippen LogP contribution in [0, 0.1) is 0 Å². The van der Waals surface area contributed by atoms with Crippen LogP contribution in [0.1, 0.15) is 316 Å². The third-order valence-electron chi connectivity index (χ3n) is 16.3. The van der Waals surface area contributed by atoms with Crippen molar-refractivity contribution in [3.63, 3.8) is 0 Å². The normalized spacial score (nSPS) is 14.7. The fourth-order valence-electron chi connectivity index (χ4n) is 10.3. The van der Waals surface area contributed by atoms with Gasteiger partial charge in [-0.1, -0.05) is 289 Å². The van der Waals surface area contributed by atoms with E-state index in [2.05, 4.69) is 154 Å². The predicted molar refractivity (Wildman–Crippen MR) is 417 cm³/mol. The number of esters is 3. The van der Waals surface area contributed by atoms with E-state index in [1.807, 2.05) is 0 Å². The van der Waals surface area contributed by atoms with Gasteiger partial charge in [-0.2, -0.15) is 0 Å². The number of carbonyl (C=O) groups is 3. The number of ether oxygens (including phenoxy) is 3. The Kier molecular flexibility index (Phi) is 72.2. The molecule has 0 aromatic heterocycles. The van der Waals surface area contributed by atoms with Crippen molar-refractivity contribution in [1.82, 2.24) is 0 Å². The van der Waals surface area contributed by atoms with Gasteiger partial charge in [-0.05, 0) is 141 Å². The number of aliphatic hydroxyl groups is 2. The number of aliphatic hydroxyl groups excluding tert-OH is 2. The van der Waals surface area contributed by atoms with E-state index >= 15 is 0 Å². The molecule has 0 bridgehead atoms. The molecular weight excluding hydrogens is 1310 g/mol. The van der Waals surface area contributed by atoms with E-state index in [9.17, 15) is 43.5 Å². The van der Waals surface area contributed by atoms with Gasteiger partial charge in [-0.25, -0.2) is 9.13 Å². The molecule has 0 radical (unpaired) electrons. The van der Waals surface area contributed by atoms with E-state index in [4.69, 9.17) is 32.3 Å². The standard InChI is InChI=1S/C83H142O16P2/c1-4-7-10-13-16-19-22-25-27-29-31-33-35-37-38-40-42-43-45-47-49-52-54-57-60-63-66-69-81(86)93-72-78(84)73-95-100(89,90)96-74-79(85)75-97-101(91,92)98-77-80(99-83(88)71-68-65-62-59-56-51-24-21-18-15-12-9-6-3)76-94-82(87)70-67-64-61-58-55-53-50-48-46-44-41-39-36-34-32-30-28-26-23-20-17-14-11-8-5-2/h8,11,16-17,19-21,24-28,31-34,37-39,41,46,48,78-80,84-85H,4-7,9-10,12-15,18,22-23,29-30,35-36,40,42-45,47,49-77H2,1-3H3,(H,89,90)(H,91,92)/b11-8-,19-16-,20-17-,24-21-,27-25-,28-26-,33-31-,34-32-,38-37-,41-39-,48-46-. The Hall–Kier alpha value is -4.31. The van der Waals surface area contributed by atoms with Crippen LogP contribution in [-0.2, 0) is 55.8 Å². The van der Waals surface area contributed by atoms with Gasteiger partial charge in [-0.15, -0.1) is 0 Å². The highest BCUT2D eigenvalue weighted by molar-refractivity contribution is 7.47. The number of rotatable bonds is 74. The van der Waals surface area contributed by atoms with E-state index in [0.29, 0.717) is 19.3 Å². The number of allylic oxidation sites excluding steroid dienone is 22. The number of carbonyl (C=O) groups excluding carboxylic acids is 3. The number of hydrogen-bond donors (Lipinski definition) is 4. The molecular formula is C83H142O16P2. The third kappa shape index (κ3) is 76.6. The van der Waals surface area contributed by atoms with Crippen LogP contribution in [0.4, 0.5) is 0 Å². The summed E-state index contributed by atoms with van der Waals surface area (Å²) in [6.07, 6.45) is 90.7. The molecule has 0 heterocycles. The highest BCUT2D eigenvalue weighted by Gasteiger charge is 2.29. The van der Waals surface area contributed by atoms with E-state index < -0.39 is 91.5 Å². The predicted octanol–water partition coefficient (Wildman–Crippen LogP) is 23.1. The van der Waals surface area contributed by atoms with Gasteiger partial charge < -0.3 is 34.2 Å². The molecule has 0 fully saturated rings. The minimum atomic E-state index is -4.94. The molecule has 0 aliphatic carbocycles. The summed E-state index contributed by atoms with van der Waals surface area (Å²) in [5.74, 6) is -1.60. The van der Waals surface area contributed by atoms with Crippen LogP contribution >= 0.6 is 15.6 Å². The minimum absolute atomic E-state index is 0.0880. The number of phosphoric ester groups is 2. The number of hydrogen-bond acceptors (Lipinski definition) is 14. The molecule has 18 heteroatoms. The lowest BCUT2D eigenvalue weighted by Gasteiger charge is -2.21. The zero-order valence-electron chi connectivity index (χ0n) is 63.3. The molecule has 0 aliphatic heterocycles. The molecule has 101 heavy (non-hydrogen) atoms. The summed E-state index contributed by atoms with van der Waals surface area (Å²) in [6.45, 7) is 2.50. The molecule has 0 rings (SSSR count). The molecule has 0 aromatic rings. The molecule has 0 spiro atoms. The maximum Gasteiger partial charge on any atom is 0.472 e. The molecule has 0 aromatic carbocycles. The zero-order valence-corrected chi connectivity index (χ0v) is 65.1. The number of phosphoric acid groups is 2. The molecule has 0 saturated carbocycles. The SMILES string of the molecule is CC/C=C\C/C=C\C/C=C\C/C=C\C/C=C\C/C=C\CCCCCCCCC(=O)OCC(COP(=O)(O)OCC(O)COP(=O)(O)OCC(O)COC(=O)CCCCCCCCCCCCC/C=C\C/C=C\C/C=C\C/C=C\CCCCC)OC(=O)CCCCCCC/C=C\CCCCCC. The van der Waals surface area contributed by atoms with Crippen LogP contribution in [-0.4, -0.2) is 95.9 Å².